The predicted molar refractivity (Wildman–Crippen MR) is 163 cm³/mol. The molecule has 2 aliphatic rings. The van der Waals surface area contributed by atoms with Crippen molar-refractivity contribution in [1.29, 1.82) is 0 Å². The number of likely N-dealkylation sites (tertiary alicyclic amines) is 1. The zero-order valence-electron chi connectivity index (χ0n) is 26.9. The lowest BCUT2D eigenvalue weighted by molar-refractivity contribution is -0.250. The Kier molecular flexibility index (Phi) is 12.5. The van der Waals surface area contributed by atoms with Gasteiger partial charge in [0.2, 0.25) is 5.88 Å². The number of rotatable bonds is 12. The van der Waals surface area contributed by atoms with Gasteiger partial charge in [-0.1, -0.05) is 30.3 Å². The fraction of sp³-hybridized carbons (Fsp3) is 0.516. The van der Waals surface area contributed by atoms with Gasteiger partial charge in [-0.3, -0.25) is 14.4 Å². The van der Waals surface area contributed by atoms with Crippen LogP contribution in [0.5, 0.6) is 5.88 Å². The Morgan fingerprint density at radius 3 is 2.45 bits per heavy atom. The number of piperazine rings is 1. The molecule has 3 heterocycles. The average Bonchev–Trinajstić information content (AvgIpc) is 3.06. The van der Waals surface area contributed by atoms with Crippen molar-refractivity contribution in [3.05, 3.63) is 42.1 Å². The van der Waals surface area contributed by atoms with E-state index in [1.807, 2.05) is 7.05 Å². The van der Waals surface area contributed by atoms with Crippen LogP contribution in [0.15, 0.2) is 36.4 Å². The molecule has 18 heteroatoms. The average molecular weight is 695 g/mol. The molecule has 2 N–H and O–H groups in total. The molecule has 15 nitrogen and oxygen atoms in total. The first-order valence-electron chi connectivity index (χ1n) is 15.6. The van der Waals surface area contributed by atoms with E-state index in [9.17, 15) is 42.3 Å². The highest BCUT2D eigenvalue weighted by Gasteiger charge is 2.47. The lowest BCUT2D eigenvalue weighted by Crippen LogP contribution is -2.62. The predicted octanol–water partition coefficient (Wildman–Crippen LogP) is 2.31. The molecule has 4 rings (SSSR count). The SMILES string of the molecule is CCOC(=O)N1CCN(OC(=O)C(F)(F)F)C(C(=O)C(CCC(=O)O)NC(=O)c2cc(OC3CCCN(C)C3)nc(-c3ccccc3)n2)C1. The molecule has 1 aromatic carbocycles. The molecule has 0 spiro atoms. The van der Waals surface area contributed by atoms with Crippen LogP contribution in [-0.4, -0.2) is 130 Å². The Balaban J connectivity index is 1.65. The molecule has 3 unspecified atom stereocenters. The number of hydroxylamine groups is 2. The summed E-state index contributed by atoms with van der Waals surface area (Å²) >= 11 is 0. The number of ketones is 1. The number of amides is 2. The summed E-state index contributed by atoms with van der Waals surface area (Å²) in [6, 6.07) is 6.60. The number of carbonyl (C=O) groups is 5. The van der Waals surface area contributed by atoms with Crippen LogP contribution in [0.1, 0.15) is 43.1 Å². The topological polar surface area (TPSA) is 181 Å². The molecule has 0 saturated carbocycles. The number of alkyl halides is 3. The van der Waals surface area contributed by atoms with Crippen LogP contribution in [0.3, 0.4) is 0 Å². The Labute approximate surface area is 279 Å². The Hall–Kier alpha value is -4.84. The van der Waals surface area contributed by atoms with Crippen molar-refractivity contribution in [2.45, 2.75) is 57.0 Å². The number of piperidine rings is 1. The molecular weight excluding hydrogens is 657 g/mol. The van der Waals surface area contributed by atoms with E-state index >= 15 is 0 Å². The maximum atomic E-state index is 13.9. The lowest BCUT2D eigenvalue weighted by atomic mass is 9.98. The number of hydrogen-bond donors (Lipinski definition) is 2. The molecule has 1 aromatic heterocycles. The minimum absolute atomic E-state index is 0.0366. The van der Waals surface area contributed by atoms with Crippen molar-refractivity contribution in [2.24, 2.45) is 0 Å². The van der Waals surface area contributed by atoms with Gasteiger partial charge in [-0.05, 0) is 39.8 Å². The Bertz CT molecular complexity index is 1510. The maximum Gasteiger partial charge on any atom is 0.492 e. The van der Waals surface area contributed by atoms with Gasteiger partial charge in [0.25, 0.3) is 5.91 Å². The second kappa shape index (κ2) is 16.5. The molecule has 2 amide bonds. The number of likely N-dealkylation sites (N-methyl/N-ethyl adjacent to an activating group) is 1. The van der Waals surface area contributed by atoms with Crippen LogP contribution in [0.25, 0.3) is 11.4 Å². The highest BCUT2D eigenvalue weighted by molar-refractivity contribution is 5.99. The molecule has 266 valence electrons. The number of aliphatic carboxylic acids is 1. The Morgan fingerprint density at radius 1 is 1.06 bits per heavy atom. The standard InChI is InChI=1S/C31H37F3N6O9/c1-3-47-30(46)39-14-15-40(49-29(45)31(32,33)34)23(18-39)26(43)21(11-12-25(41)42)36-28(44)22-16-24(48-20-10-7-13-38(2)17-20)37-27(35-22)19-8-5-4-6-9-19/h4-6,8-9,16,20-21,23H,3,7,10-15,17-18H2,1-2H3,(H,36,44)(H,41,42). The van der Waals surface area contributed by atoms with E-state index < -0.39 is 73.9 Å². The second-order valence-corrected chi connectivity index (χ2v) is 11.5. The van der Waals surface area contributed by atoms with Crippen molar-refractivity contribution in [1.82, 2.24) is 30.1 Å². The summed E-state index contributed by atoms with van der Waals surface area (Å²) in [5, 5.41) is 12.3. The number of aromatic nitrogens is 2. The number of nitrogens with zero attached hydrogens (tertiary/aromatic N) is 5. The molecule has 0 aliphatic carbocycles. The zero-order chi connectivity index (χ0) is 35.7. The minimum atomic E-state index is -5.40. The lowest BCUT2D eigenvalue weighted by Gasteiger charge is -2.39. The van der Waals surface area contributed by atoms with Crippen molar-refractivity contribution in [2.75, 3.05) is 46.4 Å². The largest absolute Gasteiger partial charge is 0.492 e. The first-order chi connectivity index (χ1) is 23.2. The molecule has 2 aliphatic heterocycles. The maximum absolute atomic E-state index is 13.9. The summed E-state index contributed by atoms with van der Waals surface area (Å²) < 4.78 is 50.4. The van der Waals surface area contributed by atoms with Gasteiger partial charge in [0.15, 0.2) is 11.6 Å². The summed E-state index contributed by atoms with van der Waals surface area (Å²) in [5.41, 5.74) is 0.308. The van der Waals surface area contributed by atoms with Crippen LogP contribution in [0.4, 0.5) is 18.0 Å². The van der Waals surface area contributed by atoms with Crippen molar-refractivity contribution in [3.63, 3.8) is 0 Å². The molecule has 2 saturated heterocycles. The van der Waals surface area contributed by atoms with E-state index in [4.69, 9.17) is 9.47 Å². The molecule has 3 atom stereocenters. The van der Waals surface area contributed by atoms with Crippen LogP contribution in [0, 0.1) is 0 Å². The number of nitrogens with one attached hydrogen (secondary N) is 1. The van der Waals surface area contributed by atoms with Crippen LogP contribution >= 0.6 is 0 Å². The highest BCUT2D eigenvalue weighted by atomic mass is 19.4. The third-order valence-corrected chi connectivity index (χ3v) is 7.75. The summed E-state index contributed by atoms with van der Waals surface area (Å²) in [5.74, 6) is -5.68. The molecule has 49 heavy (non-hydrogen) atoms. The first-order valence-corrected chi connectivity index (χ1v) is 15.6. The van der Waals surface area contributed by atoms with Gasteiger partial charge in [-0.25, -0.2) is 14.6 Å². The summed E-state index contributed by atoms with van der Waals surface area (Å²) in [6.07, 6.45) is -6.03. The fourth-order valence-electron chi connectivity index (χ4n) is 5.37. The van der Waals surface area contributed by atoms with E-state index in [1.165, 1.54) is 13.0 Å². The van der Waals surface area contributed by atoms with Gasteiger partial charge in [0.05, 0.1) is 25.7 Å². The normalized spacial score (nSPS) is 19.4. The van der Waals surface area contributed by atoms with Crippen molar-refractivity contribution < 1.29 is 56.6 Å². The third-order valence-electron chi connectivity index (χ3n) is 7.75. The second-order valence-electron chi connectivity index (χ2n) is 11.5. The smallest absolute Gasteiger partial charge is 0.481 e. The third kappa shape index (κ3) is 10.3. The number of carbonyl (C=O) groups excluding carboxylic acids is 4. The first kappa shape index (κ1) is 37.0. The number of Topliss-reactive ketones (excluding diaryl/α,β-unsaturated/α-hetero) is 1. The summed E-state index contributed by atoms with van der Waals surface area (Å²) in [7, 11) is 1.95. The number of carboxylic acid groups (broad SMARTS) is 1. The molecule has 2 aromatic rings. The monoisotopic (exact) mass is 694 g/mol. The van der Waals surface area contributed by atoms with Gasteiger partial charge in [0.1, 0.15) is 17.8 Å². The number of ether oxygens (including phenoxy) is 2. The quantitative estimate of drug-likeness (QED) is 0.331. The van der Waals surface area contributed by atoms with E-state index in [1.54, 1.807) is 30.3 Å². The summed E-state index contributed by atoms with van der Waals surface area (Å²) in [6.45, 7) is 1.64. The van der Waals surface area contributed by atoms with Gasteiger partial charge in [0, 0.05) is 31.1 Å². The van der Waals surface area contributed by atoms with Crippen LogP contribution in [-0.2, 0) is 24.0 Å². The zero-order valence-corrected chi connectivity index (χ0v) is 26.9. The Morgan fingerprint density at radius 2 is 1.80 bits per heavy atom. The van der Waals surface area contributed by atoms with Gasteiger partial charge >= 0.3 is 24.2 Å². The van der Waals surface area contributed by atoms with Crippen molar-refractivity contribution >= 4 is 29.7 Å². The molecule has 2 fully saturated rings. The van der Waals surface area contributed by atoms with Gasteiger partial charge < -0.3 is 34.5 Å². The van der Waals surface area contributed by atoms with E-state index in [0.717, 1.165) is 24.3 Å². The number of halogens is 3. The van der Waals surface area contributed by atoms with E-state index in [-0.39, 0.29) is 36.7 Å². The fourth-order valence-corrected chi connectivity index (χ4v) is 5.37. The highest BCUT2D eigenvalue weighted by Crippen LogP contribution is 2.24. The van der Waals surface area contributed by atoms with Crippen LogP contribution in [0.2, 0.25) is 0 Å². The van der Waals surface area contributed by atoms with Crippen molar-refractivity contribution in [3.8, 4) is 17.3 Å². The molecule has 0 bridgehead atoms. The summed E-state index contributed by atoms with van der Waals surface area (Å²) in [4.78, 5) is 79.8. The minimum Gasteiger partial charge on any atom is -0.481 e. The number of carboxylic acids is 1. The van der Waals surface area contributed by atoms with Crippen LogP contribution < -0.4 is 10.1 Å². The van der Waals surface area contributed by atoms with Gasteiger partial charge in [-0.15, -0.1) is 5.06 Å². The van der Waals surface area contributed by atoms with Gasteiger partial charge in [-0.2, -0.15) is 18.2 Å². The van der Waals surface area contributed by atoms with E-state index in [0.29, 0.717) is 17.2 Å². The number of benzene rings is 1. The number of hydrogen-bond acceptors (Lipinski definition) is 12. The molecular formula is C31H37F3N6O9. The van der Waals surface area contributed by atoms with E-state index in [2.05, 4.69) is 25.0 Å². The molecule has 0 radical (unpaired) electrons.